The highest BCUT2D eigenvalue weighted by Crippen LogP contribution is 2.17. The monoisotopic (exact) mass is 282 g/mol. The van der Waals surface area contributed by atoms with Crippen molar-refractivity contribution in [1.29, 1.82) is 0 Å². The third-order valence-corrected chi connectivity index (χ3v) is 4.41. The van der Waals surface area contributed by atoms with E-state index < -0.39 is 0 Å². The fourth-order valence-corrected chi connectivity index (χ4v) is 3.01. The summed E-state index contributed by atoms with van der Waals surface area (Å²) in [5.41, 5.74) is 6.11. The highest BCUT2D eigenvalue weighted by Gasteiger charge is 2.22. The Kier molecular flexibility index (Phi) is 7.97. The molecule has 1 aliphatic heterocycles. The lowest BCUT2D eigenvalue weighted by Gasteiger charge is -2.33. The second-order valence-corrected chi connectivity index (χ2v) is 6.13. The van der Waals surface area contributed by atoms with Crippen LogP contribution in [0.25, 0.3) is 0 Å². The van der Waals surface area contributed by atoms with Crippen LogP contribution in [0, 0.1) is 5.92 Å². The van der Waals surface area contributed by atoms with Gasteiger partial charge in [0.1, 0.15) is 0 Å². The number of likely N-dealkylation sites (tertiary alicyclic amines) is 1. The van der Waals surface area contributed by atoms with E-state index >= 15 is 0 Å². The van der Waals surface area contributed by atoms with Gasteiger partial charge in [-0.3, -0.25) is 9.89 Å². The number of rotatable bonds is 6. The molecule has 0 saturated carbocycles. The Morgan fingerprint density at radius 2 is 1.65 bits per heavy atom. The minimum absolute atomic E-state index is 0.530. The van der Waals surface area contributed by atoms with Crippen molar-refractivity contribution >= 4 is 5.96 Å². The molecule has 1 atom stereocenters. The quantitative estimate of drug-likeness (QED) is 0.601. The van der Waals surface area contributed by atoms with E-state index in [-0.39, 0.29) is 0 Å². The number of aliphatic imine (C=N–C) groups is 1. The average Bonchev–Trinajstić information content (AvgIpc) is 2.69. The molecular weight excluding hydrogens is 248 g/mol. The molecule has 0 aromatic rings. The molecule has 1 saturated heterocycles. The maximum atomic E-state index is 6.11. The average molecular weight is 282 g/mol. The Balaban J connectivity index is 2.64. The Hall–Kier alpha value is -0.770. The summed E-state index contributed by atoms with van der Waals surface area (Å²) in [6, 6.07) is 0.530. The molecule has 0 aromatic carbocycles. The lowest BCUT2D eigenvalue weighted by Crippen LogP contribution is -2.43. The molecule has 0 aliphatic carbocycles. The van der Waals surface area contributed by atoms with E-state index in [1.807, 2.05) is 0 Å². The van der Waals surface area contributed by atoms with Crippen molar-refractivity contribution in [3.05, 3.63) is 0 Å². The first kappa shape index (κ1) is 17.3. The van der Waals surface area contributed by atoms with Crippen LogP contribution in [0.3, 0.4) is 0 Å². The molecule has 20 heavy (non-hydrogen) atoms. The summed E-state index contributed by atoms with van der Waals surface area (Å²) in [5, 5.41) is 0. The van der Waals surface area contributed by atoms with Crippen LogP contribution in [0.5, 0.6) is 0 Å². The minimum atomic E-state index is 0.530. The Labute approximate surface area is 125 Å². The Bertz CT molecular complexity index is 276. The van der Waals surface area contributed by atoms with Crippen LogP contribution in [-0.4, -0.2) is 54.5 Å². The van der Waals surface area contributed by atoms with Crippen LogP contribution >= 0.6 is 0 Å². The second kappa shape index (κ2) is 9.22. The standard InChI is InChI=1S/C16H34N4/c1-5-19(6-2)16(17)18-13-15(14(3)4)20-11-9-7-8-10-12-20/h14-15H,5-13H2,1-4H3,(H2,17,18). The van der Waals surface area contributed by atoms with Gasteiger partial charge in [0.05, 0.1) is 6.54 Å². The summed E-state index contributed by atoms with van der Waals surface area (Å²) in [6.07, 6.45) is 5.43. The van der Waals surface area contributed by atoms with Gasteiger partial charge in [0.15, 0.2) is 5.96 Å². The van der Waals surface area contributed by atoms with Crippen LogP contribution in [0.15, 0.2) is 4.99 Å². The molecule has 1 unspecified atom stereocenters. The summed E-state index contributed by atoms with van der Waals surface area (Å²) in [5.74, 6) is 1.33. The van der Waals surface area contributed by atoms with Crippen molar-refractivity contribution < 1.29 is 0 Å². The van der Waals surface area contributed by atoms with Crippen molar-refractivity contribution in [3.8, 4) is 0 Å². The van der Waals surface area contributed by atoms with Gasteiger partial charge in [0.25, 0.3) is 0 Å². The largest absolute Gasteiger partial charge is 0.370 e. The maximum absolute atomic E-state index is 6.11. The topological polar surface area (TPSA) is 44.9 Å². The zero-order valence-corrected chi connectivity index (χ0v) is 13.9. The summed E-state index contributed by atoms with van der Waals surface area (Å²) < 4.78 is 0. The van der Waals surface area contributed by atoms with Gasteiger partial charge in [0, 0.05) is 19.1 Å². The Morgan fingerprint density at radius 1 is 1.10 bits per heavy atom. The summed E-state index contributed by atoms with van der Waals surface area (Å²) in [6.45, 7) is 14.0. The summed E-state index contributed by atoms with van der Waals surface area (Å²) in [7, 11) is 0. The van der Waals surface area contributed by atoms with E-state index in [2.05, 4.69) is 42.5 Å². The molecule has 0 amide bonds. The van der Waals surface area contributed by atoms with Crippen LogP contribution in [0.2, 0.25) is 0 Å². The molecule has 2 N–H and O–H groups in total. The van der Waals surface area contributed by atoms with Crippen LogP contribution in [0.1, 0.15) is 53.4 Å². The van der Waals surface area contributed by atoms with Gasteiger partial charge in [-0.05, 0) is 45.7 Å². The molecule has 118 valence electrons. The number of guanidine groups is 1. The number of hydrogen-bond acceptors (Lipinski definition) is 2. The maximum Gasteiger partial charge on any atom is 0.191 e. The van der Waals surface area contributed by atoms with Crippen LogP contribution in [0.4, 0.5) is 0 Å². The summed E-state index contributed by atoms with van der Waals surface area (Å²) in [4.78, 5) is 9.43. The number of hydrogen-bond donors (Lipinski definition) is 1. The van der Waals surface area contributed by atoms with Gasteiger partial charge in [-0.15, -0.1) is 0 Å². The third-order valence-electron chi connectivity index (χ3n) is 4.41. The van der Waals surface area contributed by atoms with E-state index in [1.54, 1.807) is 0 Å². The number of nitrogens with two attached hydrogens (primary N) is 1. The molecule has 0 radical (unpaired) electrons. The van der Waals surface area contributed by atoms with Gasteiger partial charge < -0.3 is 10.6 Å². The van der Waals surface area contributed by atoms with E-state index in [9.17, 15) is 0 Å². The molecule has 0 aromatic heterocycles. The van der Waals surface area contributed by atoms with Gasteiger partial charge in [-0.1, -0.05) is 26.7 Å². The fraction of sp³-hybridized carbons (Fsp3) is 0.938. The van der Waals surface area contributed by atoms with Crippen molar-refractivity contribution in [1.82, 2.24) is 9.80 Å². The van der Waals surface area contributed by atoms with Crippen molar-refractivity contribution in [3.63, 3.8) is 0 Å². The zero-order chi connectivity index (χ0) is 15.0. The lowest BCUT2D eigenvalue weighted by molar-refractivity contribution is 0.165. The van der Waals surface area contributed by atoms with E-state index in [4.69, 9.17) is 5.73 Å². The first-order chi connectivity index (χ1) is 9.60. The van der Waals surface area contributed by atoms with Crippen LogP contribution in [-0.2, 0) is 0 Å². The van der Waals surface area contributed by atoms with E-state index in [0.717, 1.165) is 19.6 Å². The predicted molar refractivity (Wildman–Crippen MR) is 88.1 cm³/mol. The Morgan fingerprint density at radius 3 is 2.10 bits per heavy atom. The molecule has 1 fully saturated rings. The van der Waals surface area contributed by atoms with E-state index in [0.29, 0.717) is 17.9 Å². The molecular formula is C16H34N4. The molecule has 0 bridgehead atoms. The van der Waals surface area contributed by atoms with Crippen molar-refractivity contribution in [2.75, 3.05) is 32.7 Å². The van der Waals surface area contributed by atoms with Gasteiger partial charge >= 0.3 is 0 Å². The first-order valence-corrected chi connectivity index (χ1v) is 8.39. The first-order valence-electron chi connectivity index (χ1n) is 8.39. The van der Waals surface area contributed by atoms with Gasteiger partial charge in [-0.25, -0.2) is 0 Å². The van der Waals surface area contributed by atoms with Crippen molar-refractivity contribution in [2.45, 2.75) is 59.4 Å². The van der Waals surface area contributed by atoms with Gasteiger partial charge in [0.2, 0.25) is 0 Å². The minimum Gasteiger partial charge on any atom is -0.370 e. The van der Waals surface area contributed by atoms with Gasteiger partial charge in [-0.2, -0.15) is 0 Å². The number of nitrogens with zero attached hydrogens (tertiary/aromatic N) is 3. The van der Waals surface area contributed by atoms with Crippen LogP contribution < -0.4 is 5.73 Å². The molecule has 1 heterocycles. The normalized spacial score (nSPS) is 19.9. The zero-order valence-electron chi connectivity index (χ0n) is 13.9. The highest BCUT2D eigenvalue weighted by molar-refractivity contribution is 5.78. The SMILES string of the molecule is CCN(CC)C(N)=NCC(C(C)C)N1CCCCCC1. The lowest BCUT2D eigenvalue weighted by atomic mass is 10.0. The highest BCUT2D eigenvalue weighted by atomic mass is 15.3. The van der Waals surface area contributed by atoms with Crippen molar-refractivity contribution in [2.24, 2.45) is 16.6 Å². The predicted octanol–water partition coefficient (Wildman–Crippen LogP) is 2.54. The van der Waals surface area contributed by atoms with E-state index in [1.165, 1.54) is 38.8 Å². The second-order valence-electron chi connectivity index (χ2n) is 6.13. The molecule has 4 nitrogen and oxygen atoms in total. The molecule has 1 aliphatic rings. The smallest absolute Gasteiger partial charge is 0.191 e. The fourth-order valence-electron chi connectivity index (χ4n) is 3.01. The molecule has 1 rings (SSSR count). The summed E-state index contributed by atoms with van der Waals surface area (Å²) >= 11 is 0. The molecule has 0 spiro atoms. The third kappa shape index (κ3) is 5.31. The molecule has 4 heteroatoms.